The first-order valence-corrected chi connectivity index (χ1v) is 9.60. The molecule has 5 rings (SSSR count). The second-order valence-electron chi connectivity index (χ2n) is 7.72. The first kappa shape index (κ1) is 15.8. The monoisotopic (exact) mass is 345 g/mol. The van der Waals surface area contributed by atoms with Gasteiger partial charge in [-0.15, -0.1) is 0 Å². The van der Waals surface area contributed by atoms with Gasteiger partial charge in [-0.3, -0.25) is 9.69 Å². The lowest BCUT2D eigenvalue weighted by molar-refractivity contribution is 0.0679. The molecule has 3 heterocycles. The van der Waals surface area contributed by atoms with Crippen molar-refractivity contribution in [1.82, 2.24) is 4.90 Å². The lowest BCUT2D eigenvalue weighted by atomic mass is 9.84. The van der Waals surface area contributed by atoms with E-state index >= 15 is 0 Å². The van der Waals surface area contributed by atoms with Crippen molar-refractivity contribution in [1.29, 1.82) is 0 Å². The molecular formula is C23H23NO2. The van der Waals surface area contributed by atoms with Gasteiger partial charge in [0.1, 0.15) is 11.8 Å². The summed E-state index contributed by atoms with van der Waals surface area (Å²) in [6, 6.07) is 19.6. The van der Waals surface area contributed by atoms with Crippen LogP contribution >= 0.6 is 0 Å². The van der Waals surface area contributed by atoms with Gasteiger partial charge in [0.2, 0.25) is 0 Å². The van der Waals surface area contributed by atoms with Gasteiger partial charge >= 0.3 is 0 Å². The van der Waals surface area contributed by atoms with Crippen LogP contribution in [-0.2, 0) is 6.54 Å². The van der Waals surface area contributed by atoms with E-state index < -0.39 is 0 Å². The molecule has 0 N–H and O–H groups in total. The van der Waals surface area contributed by atoms with Crippen molar-refractivity contribution >= 4 is 16.8 Å². The highest BCUT2D eigenvalue weighted by atomic mass is 16.3. The molecule has 0 spiro atoms. The topological polar surface area (TPSA) is 33.5 Å². The number of fused-ring (bicyclic) bond motifs is 3. The number of Topliss-reactive ketones (excluding diaryl/α,β-unsaturated/α-hetero) is 1. The number of nitrogens with zero attached hydrogens (tertiary/aromatic N) is 1. The Hall–Kier alpha value is -2.39. The van der Waals surface area contributed by atoms with Gasteiger partial charge in [0.25, 0.3) is 0 Å². The van der Waals surface area contributed by atoms with E-state index in [2.05, 4.69) is 35.2 Å². The molecule has 2 unspecified atom stereocenters. The van der Waals surface area contributed by atoms with Crippen LogP contribution in [0, 0.1) is 5.92 Å². The molecule has 3 heteroatoms. The number of para-hydroxylation sites is 1. The number of hydrogen-bond acceptors (Lipinski definition) is 3. The molecule has 2 aromatic carbocycles. The highest BCUT2D eigenvalue weighted by Crippen LogP contribution is 2.41. The molecule has 132 valence electrons. The number of piperidine rings is 1. The van der Waals surface area contributed by atoms with Crippen LogP contribution in [0.1, 0.15) is 41.6 Å². The predicted octanol–water partition coefficient (Wildman–Crippen LogP) is 5.06. The molecule has 0 aliphatic carbocycles. The van der Waals surface area contributed by atoms with Crippen molar-refractivity contribution in [3.8, 4) is 0 Å². The van der Waals surface area contributed by atoms with Crippen LogP contribution in [0.3, 0.4) is 0 Å². The molecule has 2 bridgehead atoms. The summed E-state index contributed by atoms with van der Waals surface area (Å²) in [6.07, 6.45) is 6.04. The van der Waals surface area contributed by atoms with Gasteiger partial charge in [-0.05, 0) is 37.3 Å². The maximum atomic E-state index is 13.2. The first-order valence-electron chi connectivity index (χ1n) is 9.60. The summed E-state index contributed by atoms with van der Waals surface area (Å²) in [6.45, 7) is 1.01. The van der Waals surface area contributed by atoms with Crippen molar-refractivity contribution in [3.63, 3.8) is 0 Å². The minimum Gasteiger partial charge on any atom is -0.464 e. The maximum absolute atomic E-state index is 13.2. The van der Waals surface area contributed by atoms with Crippen molar-refractivity contribution < 1.29 is 9.21 Å². The Morgan fingerprint density at radius 1 is 0.962 bits per heavy atom. The first-order chi connectivity index (χ1) is 12.8. The Kier molecular flexibility index (Phi) is 3.90. The van der Waals surface area contributed by atoms with Gasteiger partial charge in [0, 0.05) is 29.9 Å². The number of furan rings is 1. The number of rotatable bonds is 4. The maximum Gasteiger partial charge on any atom is 0.169 e. The molecule has 1 aromatic heterocycles. The molecule has 0 saturated carbocycles. The Balaban J connectivity index is 1.35. The molecule has 2 aliphatic heterocycles. The largest absolute Gasteiger partial charge is 0.464 e. The van der Waals surface area contributed by atoms with Crippen LogP contribution in [0.25, 0.3) is 11.0 Å². The van der Waals surface area contributed by atoms with Crippen LogP contribution in [-0.4, -0.2) is 22.8 Å². The molecule has 3 nitrogen and oxygen atoms in total. The lowest BCUT2D eigenvalue weighted by Crippen LogP contribution is -2.44. The van der Waals surface area contributed by atoms with Gasteiger partial charge in [0.15, 0.2) is 5.78 Å². The van der Waals surface area contributed by atoms with E-state index in [4.69, 9.17) is 4.42 Å². The lowest BCUT2D eigenvalue weighted by Gasteiger charge is -2.38. The molecule has 2 saturated heterocycles. The third kappa shape index (κ3) is 2.67. The second-order valence-corrected chi connectivity index (χ2v) is 7.72. The molecule has 2 aliphatic rings. The summed E-state index contributed by atoms with van der Waals surface area (Å²) in [5, 5.41) is 0.955. The summed E-state index contributed by atoms with van der Waals surface area (Å²) in [5.41, 5.74) is 2.94. The zero-order valence-corrected chi connectivity index (χ0v) is 14.8. The third-order valence-electron chi connectivity index (χ3n) is 6.21. The second kappa shape index (κ2) is 6.40. The van der Waals surface area contributed by atoms with Crippen molar-refractivity contribution in [2.75, 3.05) is 0 Å². The van der Waals surface area contributed by atoms with E-state index in [9.17, 15) is 4.79 Å². The Bertz CT molecular complexity index is 916. The fourth-order valence-electron chi connectivity index (χ4n) is 4.93. The zero-order valence-electron chi connectivity index (χ0n) is 14.8. The van der Waals surface area contributed by atoms with Crippen molar-refractivity contribution in [2.45, 2.75) is 44.3 Å². The summed E-state index contributed by atoms with van der Waals surface area (Å²) in [7, 11) is 0. The van der Waals surface area contributed by atoms with Gasteiger partial charge in [-0.1, -0.05) is 48.5 Å². The van der Waals surface area contributed by atoms with Crippen LogP contribution in [0.4, 0.5) is 0 Å². The molecule has 3 aromatic rings. The SMILES string of the molecule is O=C(c1coc2ccccc12)C1CC2CCC(C1)N2Cc1ccccc1. The quantitative estimate of drug-likeness (QED) is 0.620. The third-order valence-corrected chi connectivity index (χ3v) is 6.21. The van der Waals surface area contributed by atoms with Crippen molar-refractivity contribution in [2.24, 2.45) is 5.92 Å². The van der Waals surface area contributed by atoms with E-state index in [1.807, 2.05) is 24.3 Å². The van der Waals surface area contributed by atoms with Gasteiger partial charge < -0.3 is 4.42 Å². The van der Waals surface area contributed by atoms with E-state index in [-0.39, 0.29) is 11.7 Å². The summed E-state index contributed by atoms with van der Waals surface area (Å²) >= 11 is 0. The average molecular weight is 345 g/mol. The van der Waals surface area contributed by atoms with Gasteiger partial charge in [0.05, 0.1) is 5.56 Å². The Labute approximate surface area is 153 Å². The normalized spacial score (nSPS) is 25.6. The van der Waals surface area contributed by atoms with Crippen LogP contribution in [0.2, 0.25) is 0 Å². The molecular weight excluding hydrogens is 322 g/mol. The standard InChI is InChI=1S/C23H23NO2/c25-23(21-15-26-22-9-5-4-8-20(21)22)17-12-18-10-11-19(13-17)24(18)14-16-6-2-1-3-7-16/h1-9,15,17-19H,10-14H2. The van der Waals surface area contributed by atoms with Crippen LogP contribution < -0.4 is 0 Å². The molecule has 0 amide bonds. The number of carbonyl (C=O) groups is 1. The Morgan fingerprint density at radius 2 is 1.65 bits per heavy atom. The van der Waals surface area contributed by atoms with E-state index in [0.717, 1.165) is 35.9 Å². The average Bonchev–Trinajstić information content (AvgIpc) is 3.19. The highest BCUT2D eigenvalue weighted by molar-refractivity contribution is 6.08. The van der Waals surface area contributed by atoms with E-state index in [0.29, 0.717) is 12.1 Å². The summed E-state index contributed by atoms with van der Waals surface area (Å²) in [5.74, 6) is 0.395. The van der Waals surface area contributed by atoms with Gasteiger partial charge in [-0.2, -0.15) is 0 Å². The smallest absolute Gasteiger partial charge is 0.169 e. The van der Waals surface area contributed by atoms with Crippen LogP contribution in [0.15, 0.2) is 65.3 Å². The molecule has 2 fully saturated rings. The Morgan fingerprint density at radius 3 is 2.42 bits per heavy atom. The number of ketones is 1. The fraction of sp³-hybridized carbons (Fsp3) is 0.348. The molecule has 26 heavy (non-hydrogen) atoms. The number of benzene rings is 2. The minimum atomic E-state index is 0.125. The van der Waals surface area contributed by atoms with E-state index in [1.54, 1.807) is 6.26 Å². The number of carbonyl (C=O) groups excluding carboxylic acids is 1. The highest BCUT2D eigenvalue weighted by Gasteiger charge is 2.43. The minimum absolute atomic E-state index is 0.125. The van der Waals surface area contributed by atoms with Gasteiger partial charge in [-0.25, -0.2) is 0 Å². The zero-order chi connectivity index (χ0) is 17.5. The van der Waals surface area contributed by atoms with Crippen molar-refractivity contribution in [3.05, 3.63) is 72.0 Å². The summed E-state index contributed by atoms with van der Waals surface area (Å²) in [4.78, 5) is 15.8. The number of hydrogen-bond donors (Lipinski definition) is 0. The molecule has 0 radical (unpaired) electrons. The van der Waals surface area contributed by atoms with E-state index in [1.165, 1.54) is 18.4 Å². The van der Waals surface area contributed by atoms with Crippen LogP contribution in [0.5, 0.6) is 0 Å². The predicted molar refractivity (Wildman–Crippen MR) is 102 cm³/mol. The fourth-order valence-corrected chi connectivity index (χ4v) is 4.93. The molecule has 2 atom stereocenters. The summed E-state index contributed by atoms with van der Waals surface area (Å²) < 4.78 is 5.60.